The fourth-order valence-electron chi connectivity index (χ4n) is 1.69. The van der Waals surface area contributed by atoms with Crippen molar-refractivity contribution < 1.29 is 9.72 Å². The minimum Gasteiger partial charge on any atom is -0.267 e. The van der Waals surface area contributed by atoms with Crippen molar-refractivity contribution in [1.82, 2.24) is 5.43 Å². The molecule has 0 aliphatic rings. The van der Waals surface area contributed by atoms with E-state index in [1.165, 1.54) is 12.1 Å². The summed E-state index contributed by atoms with van der Waals surface area (Å²) in [6.45, 7) is 1.71. The highest BCUT2D eigenvalue weighted by Gasteiger charge is 2.07. The Labute approximate surface area is 135 Å². The number of benzene rings is 2. The average molecular weight is 362 g/mol. The minimum atomic E-state index is -0.467. The number of nitro benzene ring substituents is 1. The summed E-state index contributed by atoms with van der Waals surface area (Å²) in [5.74, 6) is -0.325. The Morgan fingerprint density at radius 2 is 1.64 bits per heavy atom. The van der Waals surface area contributed by atoms with Gasteiger partial charge in [-0.05, 0) is 48.9 Å². The van der Waals surface area contributed by atoms with Gasteiger partial charge in [0.15, 0.2) is 0 Å². The Morgan fingerprint density at radius 3 is 2.18 bits per heavy atom. The minimum absolute atomic E-state index is 0.00967. The zero-order valence-electron chi connectivity index (χ0n) is 11.6. The third-order valence-corrected chi connectivity index (χ3v) is 3.46. The maximum Gasteiger partial charge on any atom is 0.271 e. The molecule has 0 aliphatic heterocycles. The van der Waals surface area contributed by atoms with E-state index in [1.54, 1.807) is 43.3 Å². The van der Waals surface area contributed by atoms with Crippen molar-refractivity contribution in [3.8, 4) is 0 Å². The largest absolute Gasteiger partial charge is 0.271 e. The molecule has 0 fully saturated rings. The van der Waals surface area contributed by atoms with E-state index in [0.717, 1.165) is 4.47 Å². The smallest absolute Gasteiger partial charge is 0.267 e. The van der Waals surface area contributed by atoms with Crippen LogP contribution in [-0.2, 0) is 0 Å². The molecule has 112 valence electrons. The highest BCUT2D eigenvalue weighted by atomic mass is 79.9. The van der Waals surface area contributed by atoms with Crippen LogP contribution in [0.25, 0.3) is 0 Å². The number of nitro groups is 1. The van der Waals surface area contributed by atoms with Gasteiger partial charge in [0.05, 0.1) is 10.6 Å². The fourth-order valence-corrected chi connectivity index (χ4v) is 1.95. The van der Waals surface area contributed by atoms with Gasteiger partial charge in [0.25, 0.3) is 11.6 Å². The van der Waals surface area contributed by atoms with Gasteiger partial charge in [-0.25, -0.2) is 5.43 Å². The SMILES string of the molecule is CC(=NNC(=O)c1ccc(Br)cc1)c1ccc([N+](=O)[O-])cc1. The zero-order valence-corrected chi connectivity index (χ0v) is 13.2. The van der Waals surface area contributed by atoms with E-state index in [0.29, 0.717) is 16.8 Å². The monoisotopic (exact) mass is 361 g/mol. The van der Waals surface area contributed by atoms with Crippen LogP contribution in [0.4, 0.5) is 5.69 Å². The molecule has 0 aromatic heterocycles. The van der Waals surface area contributed by atoms with Crippen LogP contribution >= 0.6 is 15.9 Å². The summed E-state index contributed by atoms with van der Waals surface area (Å²) in [7, 11) is 0. The molecular formula is C15H12BrN3O3. The predicted molar refractivity (Wildman–Crippen MR) is 86.9 cm³/mol. The van der Waals surface area contributed by atoms with E-state index >= 15 is 0 Å². The van der Waals surface area contributed by atoms with Crippen molar-refractivity contribution in [3.63, 3.8) is 0 Å². The molecule has 0 aliphatic carbocycles. The Morgan fingerprint density at radius 1 is 1.09 bits per heavy atom. The number of rotatable bonds is 4. The number of carbonyl (C=O) groups is 1. The molecule has 1 amide bonds. The lowest BCUT2D eigenvalue weighted by molar-refractivity contribution is -0.384. The molecule has 0 spiro atoms. The van der Waals surface area contributed by atoms with Gasteiger partial charge >= 0.3 is 0 Å². The summed E-state index contributed by atoms with van der Waals surface area (Å²) in [6.07, 6.45) is 0. The van der Waals surface area contributed by atoms with Crippen molar-refractivity contribution in [2.45, 2.75) is 6.92 Å². The standard InChI is InChI=1S/C15H12BrN3O3/c1-10(11-4-8-14(9-5-11)19(21)22)17-18-15(20)12-2-6-13(16)7-3-12/h2-9H,1H3,(H,18,20). The Bertz CT molecular complexity index is 725. The van der Waals surface area contributed by atoms with Crippen LogP contribution in [-0.4, -0.2) is 16.5 Å². The summed E-state index contributed by atoms with van der Waals surface area (Å²) in [5.41, 5.74) is 4.20. The van der Waals surface area contributed by atoms with E-state index in [1.807, 2.05) is 0 Å². The second kappa shape index (κ2) is 6.95. The van der Waals surface area contributed by atoms with Crippen molar-refractivity contribution in [1.29, 1.82) is 0 Å². The molecule has 1 N–H and O–H groups in total. The number of non-ortho nitro benzene ring substituents is 1. The van der Waals surface area contributed by atoms with Crippen molar-refractivity contribution >= 4 is 33.2 Å². The van der Waals surface area contributed by atoms with Gasteiger partial charge < -0.3 is 0 Å². The van der Waals surface area contributed by atoms with Crippen LogP contribution in [0.5, 0.6) is 0 Å². The molecule has 22 heavy (non-hydrogen) atoms. The highest BCUT2D eigenvalue weighted by Crippen LogP contribution is 2.13. The van der Waals surface area contributed by atoms with Gasteiger partial charge in [-0.2, -0.15) is 5.10 Å². The molecule has 2 aromatic carbocycles. The van der Waals surface area contributed by atoms with Crippen LogP contribution in [0.2, 0.25) is 0 Å². The summed E-state index contributed by atoms with van der Waals surface area (Å²) >= 11 is 3.30. The molecule has 0 atom stereocenters. The highest BCUT2D eigenvalue weighted by molar-refractivity contribution is 9.10. The van der Waals surface area contributed by atoms with E-state index in [4.69, 9.17) is 0 Å². The number of hydrazone groups is 1. The Hall–Kier alpha value is -2.54. The zero-order chi connectivity index (χ0) is 16.1. The fraction of sp³-hybridized carbons (Fsp3) is 0.0667. The number of amides is 1. The number of hydrogen-bond donors (Lipinski definition) is 1. The van der Waals surface area contributed by atoms with Crippen LogP contribution in [0.15, 0.2) is 58.1 Å². The summed E-state index contributed by atoms with van der Waals surface area (Å²) in [5, 5.41) is 14.6. The first-order chi connectivity index (χ1) is 10.5. The maximum absolute atomic E-state index is 11.9. The molecule has 6 nitrogen and oxygen atoms in total. The third kappa shape index (κ3) is 3.98. The number of nitrogens with zero attached hydrogens (tertiary/aromatic N) is 2. The molecule has 0 bridgehead atoms. The summed E-state index contributed by atoms with van der Waals surface area (Å²) < 4.78 is 0.884. The van der Waals surface area contributed by atoms with Gasteiger partial charge in [0.1, 0.15) is 0 Å². The topological polar surface area (TPSA) is 84.6 Å². The summed E-state index contributed by atoms with van der Waals surface area (Å²) in [6, 6.07) is 12.8. The van der Waals surface area contributed by atoms with Gasteiger partial charge in [0.2, 0.25) is 0 Å². The molecule has 0 saturated heterocycles. The van der Waals surface area contributed by atoms with Gasteiger partial charge in [-0.15, -0.1) is 0 Å². The lowest BCUT2D eigenvalue weighted by atomic mass is 10.1. The molecular weight excluding hydrogens is 350 g/mol. The second-order valence-corrected chi connectivity index (χ2v) is 5.36. The second-order valence-electron chi connectivity index (χ2n) is 4.45. The van der Waals surface area contributed by atoms with E-state index < -0.39 is 4.92 Å². The molecule has 7 heteroatoms. The Kier molecular flexibility index (Phi) is 5.00. The van der Waals surface area contributed by atoms with Crippen molar-refractivity contribution in [2.75, 3.05) is 0 Å². The van der Waals surface area contributed by atoms with Crippen molar-refractivity contribution in [2.24, 2.45) is 5.10 Å². The first-order valence-corrected chi connectivity index (χ1v) is 7.11. The number of halogens is 1. The van der Waals surface area contributed by atoms with Crippen LogP contribution in [0.1, 0.15) is 22.8 Å². The van der Waals surface area contributed by atoms with Crippen LogP contribution in [0, 0.1) is 10.1 Å². The lowest BCUT2D eigenvalue weighted by Crippen LogP contribution is -2.19. The average Bonchev–Trinajstić information content (AvgIpc) is 2.53. The van der Waals surface area contributed by atoms with E-state index in [-0.39, 0.29) is 11.6 Å². The normalized spacial score (nSPS) is 11.1. The summed E-state index contributed by atoms with van der Waals surface area (Å²) in [4.78, 5) is 22.0. The number of nitrogens with one attached hydrogen (secondary N) is 1. The maximum atomic E-state index is 11.9. The first-order valence-electron chi connectivity index (χ1n) is 6.32. The third-order valence-electron chi connectivity index (χ3n) is 2.93. The molecule has 2 rings (SSSR count). The predicted octanol–water partition coefficient (Wildman–Crippen LogP) is 3.51. The molecule has 0 unspecified atom stereocenters. The first kappa shape index (κ1) is 15.8. The Balaban J connectivity index is 2.07. The number of carbonyl (C=O) groups excluding carboxylic acids is 1. The van der Waals surface area contributed by atoms with Crippen LogP contribution in [0.3, 0.4) is 0 Å². The van der Waals surface area contributed by atoms with Gasteiger partial charge in [0, 0.05) is 22.2 Å². The van der Waals surface area contributed by atoms with Gasteiger partial charge in [-0.3, -0.25) is 14.9 Å². The van der Waals surface area contributed by atoms with E-state index in [2.05, 4.69) is 26.5 Å². The van der Waals surface area contributed by atoms with E-state index in [9.17, 15) is 14.9 Å². The molecule has 0 radical (unpaired) electrons. The molecule has 2 aromatic rings. The lowest BCUT2D eigenvalue weighted by Gasteiger charge is -2.03. The quantitative estimate of drug-likeness (QED) is 0.513. The van der Waals surface area contributed by atoms with Gasteiger partial charge in [-0.1, -0.05) is 15.9 Å². The van der Waals surface area contributed by atoms with Crippen LogP contribution < -0.4 is 5.43 Å². The number of hydrogen-bond acceptors (Lipinski definition) is 4. The molecule has 0 heterocycles. The molecule has 0 saturated carbocycles. The van der Waals surface area contributed by atoms with Crippen molar-refractivity contribution in [3.05, 3.63) is 74.2 Å².